The molecule has 9 rings (SSSR count). The summed E-state index contributed by atoms with van der Waals surface area (Å²) >= 11 is 9.51. The lowest BCUT2D eigenvalue weighted by molar-refractivity contribution is -0.144. The average molecular weight is 1030 g/mol. The maximum Gasteiger partial charge on any atom is 0.246 e. The van der Waals surface area contributed by atoms with Crippen LogP contribution in [0.1, 0.15) is 115 Å². The number of ether oxygens (including phenoxy) is 1. The Morgan fingerprint density at radius 2 is 1.64 bits per heavy atom. The predicted molar refractivity (Wildman–Crippen MR) is 280 cm³/mol. The molecule has 15 nitrogen and oxygen atoms in total. The van der Waals surface area contributed by atoms with Gasteiger partial charge in [-0.25, -0.2) is 4.98 Å². The summed E-state index contributed by atoms with van der Waals surface area (Å²) in [5.41, 5.74) is 8.50. The normalized spacial score (nSPS) is 20.3. The van der Waals surface area contributed by atoms with E-state index < -0.39 is 35.6 Å². The number of rotatable bonds is 14. The first-order valence-corrected chi connectivity index (χ1v) is 26.4. The van der Waals surface area contributed by atoms with E-state index in [1.807, 2.05) is 124 Å². The van der Waals surface area contributed by atoms with E-state index in [0.29, 0.717) is 35.0 Å². The number of nitrogens with zero attached hydrogens (tertiary/aromatic N) is 6. The van der Waals surface area contributed by atoms with Gasteiger partial charge in [-0.05, 0) is 86.6 Å². The number of aliphatic hydroxyl groups is 1. The highest BCUT2D eigenvalue weighted by Crippen LogP contribution is 2.40. The molecule has 3 aromatic heterocycles. The first-order valence-electron chi connectivity index (χ1n) is 24.3. The second-order valence-corrected chi connectivity index (χ2v) is 22.8. The first-order chi connectivity index (χ1) is 34.3. The summed E-state index contributed by atoms with van der Waals surface area (Å²) in [6, 6.07) is 19.9. The quantitative estimate of drug-likeness (QED) is 0.0832. The van der Waals surface area contributed by atoms with Gasteiger partial charge < -0.3 is 30.7 Å². The highest BCUT2D eigenvalue weighted by atomic mass is 35.5. The molecule has 1 aliphatic carbocycles. The zero-order valence-electron chi connectivity index (χ0n) is 41.7. The van der Waals surface area contributed by atoms with E-state index in [4.69, 9.17) is 21.3 Å². The number of carbonyl (C=O) groups excluding carboxylic acids is 4. The van der Waals surface area contributed by atoms with Crippen LogP contribution in [0.3, 0.4) is 0 Å². The molecule has 4 amide bonds. The number of hydrogen-bond donors (Lipinski definition) is 4. The van der Waals surface area contributed by atoms with Gasteiger partial charge in [0.1, 0.15) is 40.8 Å². The highest BCUT2D eigenvalue weighted by molar-refractivity contribution is 7.15. The molecule has 0 radical (unpaired) electrons. The number of benzene rings is 3. The third-order valence-corrected chi connectivity index (χ3v) is 16.2. The molecule has 5 heterocycles. The van der Waals surface area contributed by atoms with Gasteiger partial charge in [0.15, 0.2) is 5.82 Å². The van der Waals surface area contributed by atoms with Crippen LogP contribution in [0, 0.1) is 33.1 Å². The molecule has 0 bridgehead atoms. The number of nitrogens with one attached hydrogen (secondary N) is 3. The number of aromatic nitrogens is 4. The molecule has 18 heteroatoms. The lowest BCUT2D eigenvalue weighted by Gasteiger charge is -2.36. The van der Waals surface area contributed by atoms with Crippen LogP contribution in [0.15, 0.2) is 83.3 Å². The van der Waals surface area contributed by atoms with Crippen molar-refractivity contribution >= 4 is 63.6 Å². The van der Waals surface area contributed by atoms with Crippen molar-refractivity contribution in [1.82, 2.24) is 40.6 Å². The van der Waals surface area contributed by atoms with Crippen molar-refractivity contribution in [2.45, 2.75) is 130 Å². The number of amides is 4. The number of halogens is 1. The molecule has 6 aromatic rings. The van der Waals surface area contributed by atoms with E-state index in [1.165, 1.54) is 9.78 Å². The molecule has 1 saturated heterocycles. The van der Waals surface area contributed by atoms with Crippen LogP contribution in [-0.2, 0) is 25.6 Å². The van der Waals surface area contributed by atoms with Crippen LogP contribution in [0.2, 0.25) is 5.02 Å². The van der Waals surface area contributed by atoms with E-state index in [1.54, 1.807) is 22.7 Å². The Bertz CT molecular complexity index is 3040. The van der Waals surface area contributed by atoms with Gasteiger partial charge in [-0.3, -0.25) is 28.7 Å². The number of hydrogen-bond acceptors (Lipinski definition) is 12. The fraction of sp³-hybridized carbons (Fsp3) is 0.407. The van der Waals surface area contributed by atoms with Crippen LogP contribution >= 0.6 is 34.3 Å². The molecule has 4 N–H and O–H groups in total. The molecule has 0 spiro atoms. The largest absolute Gasteiger partial charge is 0.490 e. The Hall–Kier alpha value is -6.27. The smallest absolute Gasteiger partial charge is 0.246 e. The molecule has 5 atom stereocenters. The second-order valence-electron chi connectivity index (χ2n) is 20.3. The minimum Gasteiger partial charge on any atom is -0.490 e. The zero-order chi connectivity index (χ0) is 51.2. The van der Waals surface area contributed by atoms with Crippen LogP contribution in [0.25, 0.3) is 15.4 Å². The maximum absolute atomic E-state index is 14.3. The second kappa shape index (κ2) is 20.7. The van der Waals surface area contributed by atoms with Gasteiger partial charge in [0.2, 0.25) is 23.6 Å². The number of aliphatic hydroxyl groups excluding tert-OH is 1. The van der Waals surface area contributed by atoms with E-state index in [9.17, 15) is 24.3 Å². The van der Waals surface area contributed by atoms with Gasteiger partial charge in [0.05, 0.1) is 46.8 Å². The summed E-state index contributed by atoms with van der Waals surface area (Å²) in [4.78, 5) is 68.8. The fourth-order valence-electron chi connectivity index (χ4n) is 9.71. The van der Waals surface area contributed by atoms with E-state index in [2.05, 4.69) is 45.0 Å². The number of likely N-dealkylation sites (tertiary alicyclic amines) is 1. The molecule has 2 fully saturated rings. The Labute approximate surface area is 432 Å². The van der Waals surface area contributed by atoms with Crippen LogP contribution in [-0.4, -0.2) is 96.0 Å². The number of aliphatic imine (C=N–C) groups is 1. The average Bonchev–Trinajstić information content (AvgIpc) is 4.09. The van der Waals surface area contributed by atoms with Crippen LogP contribution in [0.5, 0.6) is 5.75 Å². The minimum atomic E-state index is -0.975. The number of carbonyl (C=O) groups is 4. The summed E-state index contributed by atoms with van der Waals surface area (Å²) in [5.74, 6) is 0.606. The number of thiophene rings is 1. The van der Waals surface area contributed by atoms with Crippen molar-refractivity contribution in [3.63, 3.8) is 0 Å². The SMILES string of the molecule is Cc1ncsc1-c1ccc([C@H](C)NC(=O)[C@@H]2C[C@@H](O)CN2C(=O)C(NC(=O)Cc2cccc(O[C@H]3C[C@@H](NC(=O)C[C@@H]4N=C(c5ccc(Cl)cc5)c5c(sc(C)c5C)-n5c(C)nnc54)C3)c2)C(C)(C)C)cc1. The first kappa shape index (κ1) is 50.7. The van der Waals surface area contributed by atoms with E-state index in [-0.39, 0.29) is 61.7 Å². The minimum absolute atomic E-state index is 0.0187. The fourth-order valence-corrected chi connectivity index (χ4v) is 11.9. The monoisotopic (exact) mass is 1030 g/mol. The van der Waals surface area contributed by atoms with E-state index >= 15 is 0 Å². The van der Waals surface area contributed by atoms with Gasteiger partial charge in [-0.1, -0.05) is 80.9 Å². The van der Waals surface area contributed by atoms with Crippen molar-refractivity contribution in [3.05, 3.63) is 133 Å². The molecule has 3 aliphatic rings. The molecular formula is C54H60ClN9O6S2. The summed E-state index contributed by atoms with van der Waals surface area (Å²) in [7, 11) is 0. The van der Waals surface area contributed by atoms with E-state index in [0.717, 1.165) is 54.9 Å². The van der Waals surface area contributed by atoms with Crippen molar-refractivity contribution in [2.75, 3.05) is 6.54 Å². The van der Waals surface area contributed by atoms with Gasteiger partial charge in [0.25, 0.3) is 0 Å². The summed E-state index contributed by atoms with van der Waals surface area (Å²) in [5, 5.41) is 30.5. The van der Waals surface area contributed by atoms with Gasteiger partial charge in [-0.2, -0.15) is 0 Å². The van der Waals surface area contributed by atoms with Gasteiger partial charge >= 0.3 is 0 Å². The predicted octanol–water partition coefficient (Wildman–Crippen LogP) is 8.26. The standard InChI is InChI=1S/C54H60ClN9O6S2/c1-28-31(4)72-53-46(28)47(35-16-18-37(55)19-17-35)59-42(50-62-61-32(5)64(50)53)25-45(67)58-38-22-41(23-38)70-40-11-9-10-33(20-40)21-44(66)60-49(54(6,7)8)52(69)63-26-39(65)24-43(63)51(68)57-29(2)34-12-14-36(15-13-34)48-30(3)56-27-71-48/h9-20,27,29,38-39,41-43,49,65H,21-26H2,1-8H3,(H,57,68)(H,58,67)(H,60,66)/t29-,38-,39+,41+,42-,43-,49?/m0/s1. The van der Waals surface area contributed by atoms with Crippen LogP contribution in [0.4, 0.5) is 0 Å². The zero-order valence-corrected chi connectivity index (χ0v) is 44.0. The van der Waals surface area contributed by atoms with Gasteiger partial charge in [-0.15, -0.1) is 32.9 Å². The molecule has 2 aliphatic heterocycles. The Kier molecular flexibility index (Phi) is 14.6. The number of aryl methyl sites for hydroxylation is 3. The highest BCUT2D eigenvalue weighted by Gasteiger charge is 2.45. The lowest BCUT2D eigenvalue weighted by atomic mass is 9.85. The number of fused-ring (bicyclic) bond motifs is 3. The van der Waals surface area contributed by atoms with Gasteiger partial charge in [0, 0.05) is 52.9 Å². The number of thiazole rings is 1. The molecule has 72 heavy (non-hydrogen) atoms. The summed E-state index contributed by atoms with van der Waals surface area (Å²) in [6.45, 7) is 15.5. The summed E-state index contributed by atoms with van der Waals surface area (Å²) < 4.78 is 8.36. The van der Waals surface area contributed by atoms with Crippen molar-refractivity contribution in [2.24, 2.45) is 10.4 Å². The summed E-state index contributed by atoms with van der Waals surface area (Å²) in [6.07, 6.45) is 0.311. The lowest BCUT2D eigenvalue weighted by Crippen LogP contribution is -2.58. The molecule has 3 aromatic carbocycles. The Balaban J connectivity index is 0.787. The maximum atomic E-state index is 14.3. The van der Waals surface area contributed by atoms with Crippen molar-refractivity contribution in [3.8, 4) is 21.2 Å². The van der Waals surface area contributed by atoms with Crippen molar-refractivity contribution in [1.29, 1.82) is 0 Å². The molecule has 1 unspecified atom stereocenters. The molecule has 1 saturated carbocycles. The third-order valence-electron chi connectivity index (χ3n) is 13.8. The Morgan fingerprint density at radius 3 is 2.33 bits per heavy atom. The third kappa shape index (κ3) is 10.8. The topological polar surface area (TPSA) is 193 Å². The van der Waals surface area contributed by atoms with Crippen molar-refractivity contribution < 1.29 is 29.0 Å². The number of β-amino-alcohol motifs (C(OH)–C–C–N with tert-alkyl or cyclic N) is 1. The molecule has 376 valence electrons. The van der Waals surface area contributed by atoms with Crippen LogP contribution < -0.4 is 20.7 Å². The molecular weight excluding hydrogens is 970 g/mol. The Morgan fingerprint density at radius 1 is 0.917 bits per heavy atom.